The van der Waals surface area contributed by atoms with Gasteiger partial charge in [0.2, 0.25) is 0 Å². The van der Waals surface area contributed by atoms with Gasteiger partial charge in [-0.2, -0.15) is 0 Å². The first-order chi connectivity index (χ1) is 11.5. The molecule has 0 aromatic carbocycles. The lowest BCUT2D eigenvalue weighted by Crippen LogP contribution is -3.00. The first-order valence-electron chi connectivity index (χ1n) is 9.41. The van der Waals surface area contributed by atoms with E-state index < -0.39 is 0 Å². The first kappa shape index (κ1) is 26.7. The molecule has 0 heterocycles. The van der Waals surface area contributed by atoms with Crippen molar-refractivity contribution < 1.29 is 32.0 Å². The Balaban J connectivity index is 0. The highest BCUT2D eigenvalue weighted by Gasteiger charge is 2.17. The van der Waals surface area contributed by atoms with E-state index in [-0.39, 0.29) is 36.8 Å². The predicted octanol–water partition coefficient (Wildman–Crippen LogP) is -2.00. The van der Waals surface area contributed by atoms with Crippen molar-refractivity contribution in [1.82, 2.24) is 0 Å². The number of hydrogen-bond acceptors (Lipinski definition) is 3. The van der Waals surface area contributed by atoms with Crippen LogP contribution in [0.5, 0.6) is 0 Å². The van der Waals surface area contributed by atoms with Crippen molar-refractivity contribution >= 4 is 5.96 Å². The zero-order valence-electron chi connectivity index (χ0n) is 16.3. The molecule has 2 atom stereocenters. The topological polar surface area (TPSA) is 105 Å². The monoisotopic (exact) mass is 381 g/mol. The zero-order chi connectivity index (χ0) is 18.2. The van der Waals surface area contributed by atoms with E-state index in [1.165, 1.54) is 38.5 Å². The fourth-order valence-electron chi connectivity index (χ4n) is 2.94. The van der Waals surface area contributed by atoms with Gasteiger partial charge in [0, 0.05) is 27.1 Å². The van der Waals surface area contributed by atoms with E-state index in [9.17, 15) is 5.11 Å². The molecule has 0 aliphatic carbocycles. The van der Waals surface area contributed by atoms with E-state index in [1.54, 1.807) is 14.2 Å². The van der Waals surface area contributed by atoms with Gasteiger partial charge < -0.3 is 27.0 Å². The second-order valence-electron chi connectivity index (χ2n) is 6.57. The standard InChI is InChI=1S/C18H39N3O3.ClH/c1-4-5-6-7-8-9-10-11-16(22)14-15(21-18(19)20)12-13-17(23-2)24-3;/h15-17,22H,4-14H2,1-3H3,(H4,19,20,21);1H/t15-,16-;/m0./s1. The van der Waals surface area contributed by atoms with E-state index >= 15 is 0 Å². The van der Waals surface area contributed by atoms with E-state index in [0.717, 1.165) is 25.7 Å². The van der Waals surface area contributed by atoms with Crippen molar-refractivity contribution in [3.63, 3.8) is 0 Å². The Morgan fingerprint density at radius 3 is 2.00 bits per heavy atom. The van der Waals surface area contributed by atoms with Crippen molar-refractivity contribution in [2.75, 3.05) is 14.2 Å². The van der Waals surface area contributed by atoms with Gasteiger partial charge in [0.25, 0.3) is 0 Å². The average Bonchev–Trinajstić information content (AvgIpc) is 2.54. The molecule has 0 saturated carbocycles. The number of aliphatic hydroxyl groups excluding tert-OH is 1. The summed E-state index contributed by atoms with van der Waals surface area (Å²) < 4.78 is 10.4. The maximum absolute atomic E-state index is 10.3. The summed E-state index contributed by atoms with van der Waals surface area (Å²) in [5, 5.41) is 10.3. The highest BCUT2D eigenvalue weighted by Crippen LogP contribution is 2.13. The van der Waals surface area contributed by atoms with Crippen LogP contribution in [0.2, 0.25) is 0 Å². The van der Waals surface area contributed by atoms with Crippen LogP contribution in [0, 0.1) is 0 Å². The number of methoxy groups -OCH3 is 2. The van der Waals surface area contributed by atoms with Gasteiger partial charge in [0.15, 0.2) is 6.29 Å². The molecule has 0 amide bonds. The Labute approximate surface area is 160 Å². The Bertz CT molecular complexity index is 312. The van der Waals surface area contributed by atoms with Crippen LogP contribution in [-0.2, 0) is 9.47 Å². The molecule has 6 nitrogen and oxygen atoms in total. The summed E-state index contributed by atoms with van der Waals surface area (Å²) in [5.41, 5.74) is 11.1. The number of unbranched alkanes of at least 4 members (excludes halogenated alkanes) is 6. The van der Waals surface area contributed by atoms with Gasteiger partial charge in [0.1, 0.15) is 0 Å². The molecule has 0 radical (unpaired) electrons. The average molecular weight is 382 g/mol. The maximum Gasteiger partial charge on any atom is 0.338 e. The molecule has 0 aliphatic rings. The van der Waals surface area contributed by atoms with Gasteiger partial charge in [-0.15, -0.1) is 0 Å². The number of ether oxygens (including phenoxy) is 2. The molecule has 0 saturated heterocycles. The third-order valence-electron chi connectivity index (χ3n) is 4.34. The van der Waals surface area contributed by atoms with E-state index in [0.29, 0.717) is 6.42 Å². The van der Waals surface area contributed by atoms with Crippen LogP contribution in [0.3, 0.4) is 0 Å². The number of rotatable bonds is 16. The molecule has 7 heteroatoms. The van der Waals surface area contributed by atoms with Crippen LogP contribution >= 0.6 is 0 Å². The van der Waals surface area contributed by atoms with E-state index in [2.05, 4.69) is 11.9 Å². The largest absolute Gasteiger partial charge is 1.00 e. The summed E-state index contributed by atoms with van der Waals surface area (Å²) in [4.78, 5) is 3.04. The third-order valence-corrected chi connectivity index (χ3v) is 4.34. The lowest BCUT2D eigenvalue weighted by atomic mass is 9.99. The molecule has 0 bridgehead atoms. The number of hydrogen-bond donors (Lipinski definition) is 4. The summed E-state index contributed by atoms with van der Waals surface area (Å²) in [6, 6.07) is 0.0300. The second kappa shape index (κ2) is 18.2. The van der Waals surface area contributed by atoms with Crippen molar-refractivity contribution in [3.8, 4) is 0 Å². The van der Waals surface area contributed by atoms with E-state index in [1.807, 2.05) is 0 Å². The Kier molecular flexibility index (Phi) is 19.5. The van der Waals surface area contributed by atoms with Crippen molar-refractivity contribution in [3.05, 3.63) is 0 Å². The minimum atomic E-state index is -0.332. The van der Waals surface area contributed by atoms with Gasteiger partial charge in [-0.3, -0.25) is 16.5 Å². The van der Waals surface area contributed by atoms with Crippen molar-refractivity contribution in [1.29, 1.82) is 0 Å². The molecule has 6 N–H and O–H groups in total. The van der Waals surface area contributed by atoms with Gasteiger partial charge in [-0.25, -0.2) is 0 Å². The molecule has 0 aromatic rings. The third kappa shape index (κ3) is 16.6. The van der Waals surface area contributed by atoms with Crippen LogP contribution in [0.1, 0.15) is 77.6 Å². The summed E-state index contributed by atoms with van der Waals surface area (Å²) in [7, 11) is 3.24. The fourth-order valence-corrected chi connectivity index (χ4v) is 2.94. The molecule has 0 spiro atoms. The lowest BCUT2D eigenvalue weighted by Gasteiger charge is -2.19. The minimum absolute atomic E-state index is 0. The molecule has 0 aliphatic heterocycles. The summed E-state index contributed by atoms with van der Waals surface area (Å²) >= 11 is 0. The van der Waals surface area contributed by atoms with Crippen LogP contribution in [-0.4, -0.2) is 43.7 Å². The minimum Gasteiger partial charge on any atom is -1.00 e. The molecule has 0 rings (SSSR count). The number of nitrogens with two attached hydrogens (primary N) is 2. The normalized spacial score (nSPS) is 13.3. The summed E-state index contributed by atoms with van der Waals surface area (Å²) in [5.74, 6) is 0.189. The summed E-state index contributed by atoms with van der Waals surface area (Å²) in [6.07, 6.45) is 11.2. The molecular weight excluding hydrogens is 342 g/mol. The number of halogens is 1. The van der Waals surface area contributed by atoms with Crippen molar-refractivity contribution in [2.45, 2.75) is 96.0 Å². The Morgan fingerprint density at radius 1 is 0.920 bits per heavy atom. The van der Waals surface area contributed by atoms with Crippen molar-refractivity contribution in [2.24, 2.45) is 11.5 Å². The molecule has 25 heavy (non-hydrogen) atoms. The van der Waals surface area contributed by atoms with Crippen LogP contribution in [0.4, 0.5) is 0 Å². The van der Waals surface area contributed by atoms with Gasteiger partial charge in [0.05, 0.1) is 12.1 Å². The number of aliphatic hydroxyl groups is 1. The smallest absolute Gasteiger partial charge is 0.338 e. The molecule has 0 fully saturated rings. The lowest BCUT2D eigenvalue weighted by molar-refractivity contribution is -0.510. The summed E-state index contributed by atoms with van der Waals surface area (Å²) in [6.45, 7) is 2.23. The fraction of sp³-hybridized carbons (Fsp3) is 0.944. The molecule has 152 valence electrons. The highest BCUT2D eigenvalue weighted by atomic mass is 35.5. The highest BCUT2D eigenvalue weighted by molar-refractivity contribution is 5.69. The predicted molar refractivity (Wildman–Crippen MR) is 98.4 cm³/mol. The Hall–Kier alpha value is -0.560. The SMILES string of the molecule is CCCCCCCCC[C@H](O)C[C@H](CCC(OC)OC)[NH+]=C(N)N.[Cl-]. The Morgan fingerprint density at radius 2 is 1.48 bits per heavy atom. The van der Waals surface area contributed by atoms with Crippen LogP contribution in [0.15, 0.2) is 0 Å². The zero-order valence-corrected chi connectivity index (χ0v) is 17.1. The molecule has 0 unspecified atom stereocenters. The van der Waals surface area contributed by atoms with Gasteiger partial charge >= 0.3 is 5.96 Å². The number of guanidine groups is 1. The quantitative estimate of drug-likeness (QED) is 0.107. The second-order valence-corrected chi connectivity index (χ2v) is 6.57. The molecular formula is C18H40ClN3O3. The van der Waals surface area contributed by atoms with Crippen LogP contribution in [0.25, 0.3) is 0 Å². The van der Waals surface area contributed by atoms with E-state index in [4.69, 9.17) is 20.9 Å². The molecule has 0 aromatic heterocycles. The maximum atomic E-state index is 10.3. The first-order valence-corrected chi connectivity index (χ1v) is 9.41. The van der Waals surface area contributed by atoms with Gasteiger partial charge in [-0.05, 0) is 12.8 Å². The van der Waals surface area contributed by atoms with Gasteiger partial charge in [-0.1, -0.05) is 51.9 Å². The number of nitrogens with one attached hydrogen (secondary N) is 1. The van der Waals surface area contributed by atoms with Crippen LogP contribution < -0.4 is 28.9 Å².